The van der Waals surface area contributed by atoms with Gasteiger partial charge in [-0.05, 0) is 11.4 Å². The van der Waals surface area contributed by atoms with Gasteiger partial charge in [-0.1, -0.05) is 0 Å². The van der Waals surface area contributed by atoms with Crippen molar-refractivity contribution in [2.45, 2.75) is 0 Å². The summed E-state index contributed by atoms with van der Waals surface area (Å²) in [5.74, 6) is 0. The van der Waals surface area contributed by atoms with Crippen LogP contribution in [0.4, 0.5) is 5.69 Å². The lowest BCUT2D eigenvalue weighted by atomic mass is 10.6. The second kappa shape index (κ2) is 2.40. The second-order valence-electron chi connectivity index (χ2n) is 1.11. The van der Waals surface area contributed by atoms with Crippen molar-refractivity contribution in [1.82, 2.24) is 0 Å². The van der Waals surface area contributed by atoms with Crippen molar-refractivity contribution in [2.24, 2.45) is 4.99 Å². The third-order valence-corrected chi connectivity index (χ3v) is 1.22. The van der Waals surface area contributed by atoms with Crippen molar-refractivity contribution in [2.75, 3.05) is 0 Å². The van der Waals surface area contributed by atoms with Gasteiger partial charge in [0.05, 0.1) is 11.1 Å². The molecule has 0 atom stereocenters. The lowest BCUT2D eigenvalue weighted by Gasteiger charge is -1.68. The average Bonchev–Trinajstić information content (AvgIpc) is 2.19. The number of rotatable bonds is 1. The van der Waals surface area contributed by atoms with Gasteiger partial charge in [-0.2, -0.15) is 4.99 Å². The molecule has 0 aliphatic carbocycles. The molecule has 0 aliphatic heterocycles. The van der Waals surface area contributed by atoms with E-state index >= 15 is 0 Å². The minimum atomic E-state index is 0.560. The molecule has 39 valence electrons. The van der Waals surface area contributed by atoms with Gasteiger partial charge in [-0.3, -0.25) is 0 Å². The summed E-state index contributed by atoms with van der Waals surface area (Å²) in [6.45, 7) is 0. The maximum Gasteiger partial charge on any atom is 0.240 e. The predicted molar refractivity (Wildman–Crippen MR) is 30.9 cm³/mol. The topological polar surface area (TPSA) is 29.4 Å². The van der Waals surface area contributed by atoms with Gasteiger partial charge in [0, 0.05) is 0 Å². The van der Waals surface area contributed by atoms with E-state index < -0.39 is 0 Å². The Labute approximate surface area is 50.5 Å². The summed E-state index contributed by atoms with van der Waals surface area (Å²) in [5, 5.41) is 4.55. The van der Waals surface area contributed by atoms with Gasteiger partial charge in [-0.15, -0.1) is 11.3 Å². The molecule has 0 unspecified atom stereocenters. The highest BCUT2D eigenvalue weighted by Crippen LogP contribution is 2.12. The third kappa shape index (κ3) is 1.03. The number of thiophene rings is 1. The number of hydrogen-bond donors (Lipinski definition) is 0. The zero-order chi connectivity index (χ0) is 5.82. The molecule has 8 heavy (non-hydrogen) atoms. The number of aliphatic imine (C=N–C) groups is 1. The number of nitrogens with zero attached hydrogens (tertiary/aromatic N) is 1. The van der Waals surface area contributed by atoms with Gasteiger partial charge in [0.2, 0.25) is 6.08 Å². The van der Waals surface area contributed by atoms with Crippen LogP contribution in [0, 0.1) is 5.38 Å². The number of hydrogen-bond acceptors (Lipinski definition) is 3. The summed E-state index contributed by atoms with van der Waals surface area (Å²) in [7, 11) is 0. The van der Waals surface area contributed by atoms with Gasteiger partial charge in [0.1, 0.15) is 0 Å². The molecule has 0 N–H and O–H groups in total. The molecule has 2 nitrogen and oxygen atoms in total. The Kier molecular flexibility index (Phi) is 1.57. The predicted octanol–water partition coefficient (Wildman–Crippen LogP) is 1.52. The van der Waals surface area contributed by atoms with Gasteiger partial charge in [0.15, 0.2) is 0 Å². The number of isocyanates is 1. The first kappa shape index (κ1) is 5.22. The SMILES string of the molecule is O=C=Nc1[c]scc1. The molecule has 0 aromatic carbocycles. The standard InChI is InChI=1S/C5H2NOS/c7-4-6-5-1-2-8-3-5/h1-2H. The molecule has 0 bridgehead atoms. The fourth-order valence-corrected chi connectivity index (χ4v) is 0.836. The first-order chi connectivity index (χ1) is 3.93. The van der Waals surface area contributed by atoms with Crippen LogP contribution in [0.3, 0.4) is 0 Å². The molecular formula is C5H2NOS. The molecule has 1 aromatic rings. The number of carbonyl (C=O) groups excluding carboxylic acids is 1. The Hall–Kier alpha value is -0.920. The second-order valence-corrected chi connectivity index (χ2v) is 1.82. The molecule has 0 amide bonds. The monoisotopic (exact) mass is 124 g/mol. The lowest BCUT2D eigenvalue weighted by Crippen LogP contribution is -1.48. The van der Waals surface area contributed by atoms with E-state index in [-0.39, 0.29) is 0 Å². The smallest absolute Gasteiger partial charge is 0.211 e. The molecule has 0 spiro atoms. The highest BCUT2D eigenvalue weighted by molar-refractivity contribution is 7.07. The van der Waals surface area contributed by atoms with Crippen molar-refractivity contribution in [3.8, 4) is 0 Å². The van der Waals surface area contributed by atoms with E-state index in [2.05, 4.69) is 10.4 Å². The van der Waals surface area contributed by atoms with Gasteiger partial charge < -0.3 is 0 Å². The highest BCUT2D eigenvalue weighted by Gasteiger charge is 1.83. The van der Waals surface area contributed by atoms with Crippen molar-refractivity contribution in [3.05, 3.63) is 16.8 Å². The molecule has 0 saturated carbocycles. The zero-order valence-electron chi connectivity index (χ0n) is 3.92. The summed E-state index contributed by atoms with van der Waals surface area (Å²) >= 11 is 1.38. The maximum atomic E-state index is 9.57. The van der Waals surface area contributed by atoms with Crippen LogP contribution in [-0.2, 0) is 4.79 Å². The molecule has 1 aromatic heterocycles. The molecule has 0 fully saturated rings. The summed E-state index contributed by atoms with van der Waals surface area (Å²) in [6.07, 6.45) is 1.42. The molecule has 1 radical (unpaired) electrons. The van der Waals surface area contributed by atoms with Gasteiger partial charge in [-0.25, -0.2) is 4.79 Å². The summed E-state index contributed by atoms with van der Waals surface area (Å²) < 4.78 is 0. The first-order valence-corrected chi connectivity index (χ1v) is 2.84. The van der Waals surface area contributed by atoms with E-state index in [0.717, 1.165) is 0 Å². The first-order valence-electron chi connectivity index (χ1n) is 1.96. The normalized spacial score (nSPS) is 8.00. The Morgan fingerprint density at radius 3 is 3.25 bits per heavy atom. The fraction of sp³-hybridized carbons (Fsp3) is 0. The quantitative estimate of drug-likeness (QED) is 0.412. The van der Waals surface area contributed by atoms with Crippen LogP contribution < -0.4 is 0 Å². The highest BCUT2D eigenvalue weighted by atomic mass is 32.1. The van der Waals surface area contributed by atoms with Crippen LogP contribution in [0.1, 0.15) is 0 Å². The Bertz CT molecular complexity index is 198. The molecule has 3 heteroatoms. The Morgan fingerprint density at radius 2 is 2.75 bits per heavy atom. The minimum Gasteiger partial charge on any atom is -0.211 e. The molecular weight excluding hydrogens is 122 g/mol. The van der Waals surface area contributed by atoms with Crippen LogP contribution in [0.25, 0.3) is 0 Å². The molecule has 0 saturated heterocycles. The zero-order valence-corrected chi connectivity index (χ0v) is 4.73. The van der Waals surface area contributed by atoms with E-state index in [1.54, 1.807) is 11.4 Å². The Morgan fingerprint density at radius 1 is 1.88 bits per heavy atom. The van der Waals surface area contributed by atoms with E-state index in [1.807, 2.05) is 0 Å². The van der Waals surface area contributed by atoms with E-state index in [0.29, 0.717) is 5.69 Å². The minimum absolute atomic E-state index is 0.560. The third-order valence-electron chi connectivity index (χ3n) is 0.624. The molecule has 1 heterocycles. The van der Waals surface area contributed by atoms with E-state index in [4.69, 9.17) is 0 Å². The molecule has 1 rings (SSSR count). The summed E-state index contributed by atoms with van der Waals surface area (Å²) in [6, 6.07) is 1.70. The average molecular weight is 124 g/mol. The summed E-state index contributed by atoms with van der Waals surface area (Å²) in [4.78, 5) is 12.9. The van der Waals surface area contributed by atoms with Crippen LogP contribution in [0.2, 0.25) is 0 Å². The maximum absolute atomic E-state index is 9.57. The van der Waals surface area contributed by atoms with Crippen LogP contribution in [-0.4, -0.2) is 6.08 Å². The van der Waals surface area contributed by atoms with Gasteiger partial charge >= 0.3 is 0 Å². The van der Waals surface area contributed by atoms with Crippen molar-refractivity contribution in [1.29, 1.82) is 0 Å². The van der Waals surface area contributed by atoms with Crippen molar-refractivity contribution in [3.63, 3.8) is 0 Å². The Balaban J connectivity index is 2.93. The van der Waals surface area contributed by atoms with E-state index in [9.17, 15) is 4.79 Å². The summed E-state index contributed by atoms with van der Waals surface area (Å²) in [5.41, 5.74) is 0.560. The van der Waals surface area contributed by atoms with Gasteiger partial charge in [0.25, 0.3) is 0 Å². The fourth-order valence-electron chi connectivity index (χ4n) is 0.336. The molecule has 0 aliphatic rings. The lowest BCUT2D eigenvalue weighted by molar-refractivity contribution is 0.565. The largest absolute Gasteiger partial charge is 0.240 e. The van der Waals surface area contributed by atoms with Crippen molar-refractivity contribution < 1.29 is 4.79 Å². The van der Waals surface area contributed by atoms with E-state index in [1.165, 1.54) is 17.4 Å². The van der Waals surface area contributed by atoms with Crippen LogP contribution in [0.5, 0.6) is 0 Å². The van der Waals surface area contributed by atoms with Crippen LogP contribution >= 0.6 is 11.3 Å². The van der Waals surface area contributed by atoms with Crippen molar-refractivity contribution >= 4 is 23.1 Å². The van der Waals surface area contributed by atoms with Crippen LogP contribution in [0.15, 0.2) is 16.4 Å².